The van der Waals surface area contributed by atoms with Gasteiger partial charge >= 0.3 is 5.97 Å². The van der Waals surface area contributed by atoms with Gasteiger partial charge in [-0.2, -0.15) is 0 Å². The van der Waals surface area contributed by atoms with E-state index in [4.69, 9.17) is 19.6 Å². The van der Waals surface area contributed by atoms with Crippen LogP contribution in [0.2, 0.25) is 0 Å². The van der Waals surface area contributed by atoms with Gasteiger partial charge in [-0.1, -0.05) is 44.4 Å². The monoisotopic (exact) mass is 572 g/mol. The van der Waals surface area contributed by atoms with E-state index in [9.17, 15) is 9.59 Å². The molecule has 1 aliphatic heterocycles. The van der Waals surface area contributed by atoms with Crippen molar-refractivity contribution in [3.8, 4) is 11.5 Å². The predicted octanol–water partition coefficient (Wildman–Crippen LogP) is 6.42. The molecule has 0 unspecified atom stereocenters. The zero-order valence-electron chi connectivity index (χ0n) is 20.3. The van der Waals surface area contributed by atoms with Crippen molar-refractivity contribution in [1.29, 1.82) is 0 Å². The third-order valence-corrected chi connectivity index (χ3v) is 7.83. The van der Waals surface area contributed by atoms with Crippen LogP contribution in [0.3, 0.4) is 0 Å². The molecule has 7 nitrogen and oxygen atoms in total. The summed E-state index contributed by atoms with van der Waals surface area (Å²) in [6.07, 6.45) is 8.06. The lowest BCUT2D eigenvalue weighted by Gasteiger charge is -2.30. The Morgan fingerprint density at radius 2 is 2.00 bits per heavy atom. The molecule has 2 aromatic rings. The number of carboxylic acid groups (broad SMARTS) is 1. The fourth-order valence-electron chi connectivity index (χ4n) is 4.50. The molecular weight excluding hydrogens is 544 g/mol. The third-order valence-electron chi connectivity index (χ3n) is 6.25. The van der Waals surface area contributed by atoms with Crippen LogP contribution in [0, 0.1) is 0 Å². The molecular formula is C27H29BrN2O5S. The number of aliphatic carboxylic acids is 1. The number of aryl methyl sites for hydroxylation is 1. The van der Waals surface area contributed by atoms with Gasteiger partial charge in [0.25, 0.3) is 5.91 Å². The Bertz CT molecular complexity index is 1210. The predicted molar refractivity (Wildman–Crippen MR) is 146 cm³/mol. The highest BCUT2D eigenvalue weighted by atomic mass is 79.9. The number of benzene rings is 2. The Morgan fingerprint density at radius 3 is 2.69 bits per heavy atom. The third kappa shape index (κ3) is 5.95. The molecule has 1 saturated heterocycles. The van der Waals surface area contributed by atoms with E-state index in [1.165, 1.54) is 25.3 Å². The van der Waals surface area contributed by atoms with Crippen LogP contribution in [0.15, 0.2) is 50.8 Å². The minimum atomic E-state index is -1.08. The van der Waals surface area contributed by atoms with Crippen LogP contribution in [0.25, 0.3) is 6.08 Å². The van der Waals surface area contributed by atoms with E-state index in [2.05, 4.69) is 28.9 Å². The van der Waals surface area contributed by atoms with Crippen molar-refractivity contribution in [3.05, 3.63) is 56.9 Å². The summed E-state index contributed by atoms with van der Waals surface area (Å²) >= 11 is 4.84. The number of carbonyl (C=O) groups is 2. The zero-order chi connectivity index (χ0) is 25.7. The second-order valence-corrected chi connectivity index (χ2v) is 10.5. The van der Waals surface area contributed by atoms with E-state index in [0.717, 1.165) is 48.9 Å². The first-order valence-corrected chi connectivity index (χ1v) is 13.6. The number of hydrogen-bond donors (Lipinski definition) is 1. The maximum Gasteiger partial charge on any atom is 0.341 e. The topological polar surface area (TPSA) is 88.4 Å². The minimum absolute atomic E-state index is 0.0408. The summed E-state index contributed by atoms with van der Waals surface area (Å²) in [6.45, 7) is 1.62. The van der Waals surface area contributed by atoms with Crippen LogP contribution in [0.1, 0.15) is 50.2 Å². The van der Waals surface area contributed by atoms with E-state index in [0.29, 0.717) is 26.0 Å². The maximum atomic E-state index is 13.7. The average molecular weight is 574 g/mol. The lowest BCUT2D eigenvalue weighted by atomic mass is 9.94. The number of ether oxygens (including phenoxy) is 2. The molecule has 2 aliphatic rings. The van der Waals surface area contributed by atoms with Gasteiger partial charge in [0.1, 0.15) is 0 Å². The van der Waals surface area contributed by atoms with Gasteiger partial charge in [0.05, 0.1) is 22.2 Å². The van der Waals surface area contributed by atoms with E-state index in [1.807, 2.05) is 29.2 Å². The Hall–Kier alpha value is -2.78. The number of methoxy groups -OCH3 is 1. The first-order chi connectivity index (χ1) is 17.4. The fourth-order valence-corrected chi connectivity index (χ4v) is 6.12. The Kier molecular flexibility index (Phi) is 8.74. The molecule has 0 aromatic heterocycles. The summed E-state index contributed by atoms with van der Waals surface area (Å²) in [5.74, 6) is -0.444. The SMILES string of the molecule is CCc1ccccc1N=C1S/C(=C/c2cc(Br)c(OCC(=O)O)c(OC)c2)C(=O)N1C1CCCCC1. The van der Waals surface area contributed by atoms with Crippen molar-refractivity contribution in [1.82, 2.24) is 4.90 Å². The van der Waals surface area contributed by atoms with Crippen LogP contribution in [0.5, 0.6) is 11.5 Å². The first-order valence-electron chi connectivity index (χ1n) is 12.0. The first kappa shape index (κ1) is 26.3. The van der Waals surface area contributed by atoms with Gasteiger partial charge in [0.2, 0.25) is 0 Å². The van der Waals surface area contributed by atoms with Crippen LogP contribution in [-0.4, -0.2) is 46.8 Å². The van der Waals surface area contributed by atoms with Crippen molar-refractivity contribution < 1.29 is 24.2 Å². The van der Waals surface area contributed by atoms with Crippen molar-refractivity contribution >= 4 is 56.5 Å². The van der Waals surface area contributed by atoms with Gasteiger partial charge in [0.15, 0.2) is 23.3 Å². The smallest absolute Gasteiger partial charge is 0.341 e. The quantitative estimate of drug-likeness (QED) is 0.367. The van der Waals surface area contributed by atoms with E-state index in [-0.39, 0.29) is 11.9 Å². The van der Waals surface area contributed by atoms with Gasteiger partial charge in [-0.25, -0.2) is 9.79 Å². The molecule has 1 saturated carbocycles. The van der Waals surface area contributed by atoms with Gasteiger partial charge in [0, 0.05) is 6.04 Å². The number of thioether (sulfide) groups is 1. The molecule has 1 amide bonds. The molecule has 1 N–H and O–H groups in total. The molecule has 9 heteroatoms. The number of halogens is 1. The molecule has 0 radical (unpaired) electrons. The Morgan fingerprint density at radius 1 is 1.25 bits per heavy atom. The molecule has 1 aliphatic carbocycles. The normalized spacial score (nSPS) is 18.8. The number of amides is 1. The number of carbonyl (C=O) groups excluding carboxylic acids is 1. The van der Waals surface area contributed by atoms with Gasteiger partial charge in [-0.3, -0.25) is 9.69 Å². The van der Waals surface area contributed by atoms with E-state index < -0.39 is 12.6 Å². The van der Waals surface area contributed by atoms with E-state index >= 15 is 0 Å². The van der Waals surface area contributed by atoms with Gasteiger partial charge in [-0.05, 0) is 82.4 Å². The summed E-state index contributed by atoms with van der Waals surface area (Å²) < 4.78 is 11.3. The number of rotatable bonds is 8. The fraction of sp³-hybridized carbons (Fsp3) is 0.370. The maximum absolute atomic E-state index is 13.7. The second kappa shape index (κ2) is 12.0. The number of amidine groups is 1. The van der Waals surface area contributed by atoms with Crippen molar-refractivity contribution in [2.75, 3.05) is 13.7 Å². The number of nitrogens with zero attached hydrogens (tertiary/aromatic N) is 2. The second-order valence-electron chi connectivity index (χ2n) is 8.67. The molecule has 1 heterocycles. The molecule has 0 atom stereocenters. The molecule has 2 aromatic carbocycles. The molecule has 36 heavy (non-hydrogen) atoms. The molecule has 190 valence electrons. The summed E-state index contributed by atoms with van der Waals surface area (Å²) in [5.41, 5.74) is 2.77. The number of para-hydroxylation sites is 1. The van der Waals surface area contributed by atoms with Crippen molar-refractivity contribution in [2.24, 2.45) is 4.99 Å². The van der Waals surface area contributed by atoms with Crippen molar-refractivity contribution in [3.63, 3.8) is 0 Å². The molecule has 0 bridgehead atoms. The largest absolute Gasteiger partial charge is 0.493 e. The summed E-state index contributed by atoms with van der Waals surface area (Å²) in [5, 5.41) is 9.67. The number of hydrogen-bond acceptors (Lipinski definition) is 6. The highest BCUT2D eigenvalue weighted by Crippen LogP contribution is 2.41. The molecule has 0 spiro atoms. The van der Waals surface area contributed by atoms with Crippen LogP contribution in [0.4, 0.5) is 5.69 Å². The lowest BCUT2D eigenvalue weighted by Crippen LogP contribution is -2.40. The van der Waals surface area contributed by atoms with Crippen molar-refractivity contribution in [2.45, 2.75) is 51.5 Å². The van der Waals surface area contributed by atoms with Gasteiger partial charge in [-0.15, -0.1) is 0 Å². The Labute approximate surface area is 223 Å². The minimum Gasteiger partial charge on any atom is -0.493 e. The molecule has 2 fully saturated rings. The summed E-state index contributed by atoms with van der Waals surface area (Å²) in [7, 11) is 1.49. The van der Waals surface area contributed by atoms with Gasteiger partial charge < -0.3 is 14.6 Å². The van der Waals surface area contributed by atoms with Crippen LogP contribution in [-0.2, 0) is 16.0 Å². The number of carboxylic acids is 1. The van der Waals surface area contributed by atoms with E-state index in [1.54, 1.807) is 12.1 Å². The zero-order valence-corrected chi connectivity index (χ0v) is 22.7. The summed E-state index contributed by atoms with van der Waals surface area (Å²) in [6, 6.07) is 11.7. The standard InChI is InChI=1S/C27H29BrN2O5S/c1-3-18-9-7-8-12-21(18)29-27-30(19-10-5-4-6-11-19)26(33)23(36-27)15-17-13-20(28)25(22(14-17)34-2)35-16-24(31)32/h7-9,12-15,19H,3-6,10-11,16H2,1-2H3,(H,31,32)/b23-15+,29-27?. The lowest BCUT2D eigenvalue weighted by molar-refractivity contribution is -0.139. The average Bonchev–Trinajstić information content (AvgIpc) is 3.17. The highest BCUT2D eigenvalue weighted by Gasteiger charge is 2.38. The summed E-state index contributed by atoms with van der Waals surface area (Å²) in [4.78, 5) is 32.0. The molecule has 4 rings (SSSR count). The van der Waals surface area contributed by atoms with Crippen LogP contribution >= 0.6 is 27.7 Å². The van der Waals surface area contributed by atoms with Crippen LogP contribution < -0.4 is 9.47 Å². The number of aliphatic imine (C=N–C) groups is 1. The Balaban J connectivity index is 1.71. The highest BCUT2D eigenvalue weighted by molar-refractivity contribution is 9.10.